The van der Waals surface area contributed by atoms with Crippen LogP contribution < -0.4 is 20.1 Å². The quantitative estimate of drug-likeness (QED) is 0.659. The second-order valence-corrected chi connectivity index (χ2v) is 6.31. The Morgan fingerprint density at radius 2 is 1.48 bits per heavy atom. The van der Waals surface area contributed by atoms with E-state index in [1.165, 1.54) is 14.2 Å². The van der Waals surface area contributed by atoms with Gasteiger partial charge in [0.15, 0.2) is 6.61 Å². The van der Waals surface area contributed by atoms with Gasteiger partial charge < -0.3 is 24.8 Å². The van der Waals surface area contributed by atoms with Gasteiger partial charge in [-0.25, -0.2) is 4.79 Å². The molecule has 0 radical (unpaired) electrons. The molecule has 0 unspecified atom stereocenters. The van der Waals surface area contributed by atoms with Crippen molar-refractivity contribution in [3.05, 3.63) is 53.1 Å². The summed E-state index contributed by atoms with van der Waals surface area (Å²) in [4.78, 5) is 36.2. The Kier molecular flexibility index (Phi) is 7.59. The molecule has 2 aromatic rings. The van der Waals surface area contributed by atoms with Gasteiger partial charge in [-0.05, 0) is 43.7 Å². The van der Waals surface area contributed by atoms with E-state index >= 15 is 0 Å². The standard InChI is InChI=1S/C21H24N2O6/c1-13-5-7-17(27-3)15(9-13)21(26)29-12-20(25)22-11-19(24)23-16-10-14(2)6-8-18(16)28-4/h5-10H,11-12H2,1-4H3,(H,22,25)(H,23,24). The summed E-state index contributed by atoms with van der Waals surface area (Å²) in [6.07, 6.45) is 0. The fraction of sp³-hybridized carbons (Fsp3) is 0.286. The number of esters is 1. The maximum Gasteiger partial charge on any atom is 0.342 e. The van der Waals surface area contributed by atoms with Crippen LogP contribution in [0.2, 0.25) is 0 Å². The van der Waals surface area contributed by atoms with Crippen molar-refractivity contribution in [2.45, 2.75) is 13.8 Å². The van der Waals surface area contributed by atoms with E-state index in [0.717, 1.165) is 11.1 Å². The van der Waals surface area contributed by atoms with Gasteiger partial charge in [0.1, 0.15) is 17.1 Å². The van der Waals surface area contributed by atoms with Gasteiger partial charge in [-0.1, -0.05) is 17.7 Å². The Morgan fingerprint density at radius 3 is 2.14 bits per heavy atom. The van der Waals surface area contributed by atoms with Gasteiger partial charge in [0.05, 0.1) is 26.5 Å². The van der Waals surface area contributed by atoms with Gasteiger partial charge in [0, 0.05) is 0 Å². The highest BCUT2D eigenvalue weighted by atomic mass is 16.5. The van der Waals surface area contributed by atoms with Crippen molar-refractivity contribution >= 4 is 23.5 Å². The molecule has 0 aliphatic rings. The molecule has 0 aliphatic heterocycles. The molecule has 8 nitrogen and oxygen atoms in total. The van der Waals surface area contributed by atoms with Crippen LogP contribution >= 0.6 is 0 Å². The third-order valence-corrected chi connectivity index (χ3v) is 3.98. The lowest BCUT2D eigenvalue weighted by Gasteiger charge is -2.12. The lowest BCUT2D eigenvalue weighted by Crippen LogP contribution is -2.35. The molecule has 0 bridgehead atoms. The van der Waals surface area contributed by atoms with Gasteiger partial charge in [-0.15, -0.1) is 0 Å². The molecule has 0 fully saturated rings. The number of hydrogen-bond acceptors (Lipinski definition) is 6. The highest BCUT2D eigenvalue weighted by Gasteiger charge is 2.16. The van der Waals surface area contributed by atoms with E-state index in [2.05, 4.69) is 10.6 Å². The van der Waals surface area contributed by atoms with Gasteiger partial charge in [-0.2, -0.15) is 0 Å². The molecule has 2 N–H and O–H groups in total. The summed E-state index contributed by atoms with van der Waals surface area (Å²) in [5.74, 6) is -0.858. The number of carbonyl (C=O) groups is 3. The van der Waals surface area contributed by atoms with Crippen LogP contribution in [0.5, 0.6) is 11.5 Å². The highest BCUT2D eigenvalue weighted by Crippen LogP contribution is 2.25. The summed E-state index contributed by atoms with van der Waals surface area (Å²) in [7, 11) is 2.94. The van der Waals surface area contributed by atoms with Crippen molar-refractivity contribution in [2.24, 2.45) is 0 Å². The van der Waals surface area contributed by atoms with Crippen LogP contribution in [0, 0.1) is 13.8 Å². The number of carbonyl (C=O) groups excluding carboxylic acids is 3. The lowest BCUT2D eigenvalue weighted by molar-refractivity contribution is -0.126. The molecular formula is C21H24N2O6. The zero-order valence-corrected chi connectivity index (χ0v) is 16.8. The van der Waals surface area contributed by atoms with E-state index in [-0.39, 0.29) is 12.1 Å². The van der Waals surface area contributed by atoms with E-state index in [1.807, 2.05) is 19.9 Å². The number of hydrogen-bond donors (Lipinski definition) is 2. The third-order valence-electron chi connectivity index (χ3n) is 3.98. The van der Waals surface area contributed by atoms with Crippen molar-refractivity contribution < 1.29 is 28.6 Å². The number of aryl methyl sites for hydroxylation is 2. The zero-order valence-electron chi connectivity index (χ0n) is 16.8. The van der Waals surface area contributed by atoms with E-state index in [4.69, 9.17) is 14.2 Å². The normalized spacial score (nSPS) is 10.1. The van der Waals surface area contributed by atoms with E-state index in [9.17, 15) is 14.4 Å². The van der Waals surface area contributed by atoms with Crippen LogP contribution in [-0.2, 0) is 14.3 Å². The Morgan fingerprint density at radius 1 is 0.862 bits per heavy atom. The first-order chi connectivity index (χ1) is 13.8. The van der Waals surface area contributed by atoms with Gasteiger partial charge in [0.25, 0.3) is 5.91 Å². The number of rotatable bonds is 8. The van der Waals surface area contributed by atoms with Crippen molar-refractivity contribution in [1.29, 1.82) is 0 Å². The number of anilines is 1. The van der Waals surface area contributed by atoms with E-state index in [0.29, 0.717) is 17.2 Å². The number of methoxy groups -OCH3 is 2. The molecule has 0 saturated heterocycles. The lowest BCUT2D eigenvalue weighted by atomic mass is 10.1. The molecule has 2 amide bonds. The predicted molar refractivity (Wildman–Crippen MR) is 107 cm³/mol. The fourth-order valence-corrected chi connectivity index (χ4v) is 2.53. The molecule has 0 saturated carbocycles. The second-order valence-electron chi connectivity index (χ2n) is 6.31. The molecule has 2 rings (SSSR count). The molecule has 0 aromatic heterocycles. The molecule has 0 atom stereocenters. The first kappa shape index (κ1) is 21.7. The minimum atomic E-state index is -0.686. The summed E-state index contributed by atoms with van der Waals surface area (Å²) < 4.78 is 15.3. The number of amides is 2. The highest BCUT2D eigenvalue weighted by molar-refractivity contribution is 5.97. The monoisotopic (exact) mass is 400 g/mol. The summed E-state index contributed by atoms with van der Waals surface area (Å²) in [6.45, 7) is 2.91. The largest absolute Gasteiger partial charge is 0.496 e. The number of benzene rings is 2. The van der Waals surface area contributed by atoms with Gasteiger partial charge in [-0.3, -0.25) is 9.59 Å². The molecule has 0 spiro atoms. The Balaban J connectivity index is 1.84. The minimum Gasteiger partial charge on any atom is -0.496 e. The molecule has 2 aromatic carbocycles. The van der Waals surface area contributed by atoms with Crippen LogP contribution in [0.15, 0.2) is 36.4 Å². The summed E-state index contributed by atoms with van der Waals surface area (Å²) in [5.41, 5.74) is 2.53. The van der Waals surface area contributed by atoms with Crippen LogP contribution in [0.25, 0.3) is 0 Å². The topological polar surface area (TPSA) is 103 Å². The Hall–Kier alpha value is -3.55. The molecule has 8 heteroatoms. The maximum absolute atomic E-state index is 12.2. The SMILES string of the molecule is COc1ccc(C)cc1NC(=O)CNC(=O)COC(=O)c1cc(C)ccc1OC. The van der Waals surface area contributed by atoms with Crippen molar-refractivity contribution in [3.8, 4) is 11.5 Å². The summed E-state index contributed by atoms with van der Waals surface area (Å²) in [6, 6.07) is 10.4. The molecular weight excluding hydrogens is 376 g/mol. The van der Waals surface area contributed by atoms with Crippen LogP contribution in [-0.4, -0.2) is 45.2 Å². The molecule has 0 aliphatic carbocycles. The summed E-state index contributed by atoms with van der Waals surface area (Å²) >= 11 is 0. The number of nitrogens with one attached hydrogen (secondary N) is 2. The molecule has 29 heavy (non-hydrogen) atoms. The first-order valence-corrected chi connectivity index (χ1v) is 8.87. The first-order valence-electron chi connectivity index (χ1n) is 8.87. The van der Waals surface area contributed by atoms with E-state index in [1.54, 1.807) is 30.3 Å². The Labute approximate surface area is 169 Å². The van der Waals surface area contributed by atoms with Crippen LogP contribution in [0.3, 0.4) is 0 Å². The fourth-order valence-electron chi connectivity index (χ4n) is 2.53. The average molecular weight is 400 g/mol. The maximum atomic E-state index is 12.2. The van der Waals surface area contributed by atoms with Gasteiger partial charge >= 0.3 is 5.97 Å². The third kappa shape index (κ3) is 6.24. The predicted octanol–water partition coefficient (Wildman–Crippen LogP) is 2.23. The van der Waals surface area contributed by atoms with Crippen LogP contribution in [0.1, 0.15) is 21.5 Å². The molecule has 154 valence electrons. The Bertz CT molecular complexity index is 910. The minimum absolute atomic E-state index is 0.226. The number of ether oxygens (including phenoxy) is 3. The molecule has 0 heterocycles. The summed E-state index contributed by atoms with van der Waals surface area (Å²) in [5, 5.41) is 5.07. The smallest absolute Gasteiger partial charge is 0.342 e. The van der Waals surface area contributed by atoms with Crippen LogP contribution in [0.4, 0.5) is 5.69 Å². The second kappa shape index (κ2) is 10.1. The van der Waals surface area contributed by atoms with Crippen molar-refractivity contribution in [3.63, 3.8) is 0 Å². The zero-order chi connectivity index (χ0) is 21.4. The van der Waals surface area contributed by atoms with Crippen molar-refractivity contribution in [2.75, 3.05) is 32.7 Å². The van der Waals surface area contributed by atoms with Gasteiger partial charge in [0.2, 0.25) is 5.91 Å². The van der Waals surface area contributed by atoms with E-state index < -0.39 is 24.4 Å². The average Bonchev–Trinajstić information content (AvgIpc) is 2.70. The van der Waals surface area contributed by atoms with Crippen molar-refractivity contribution in [1.82, 2.24) is 5.32 Å².